The molecule has 0 aromatic rings. The maximum atomic E-state index is 11.6. The van der Waals surface area contributed by atoms with Crippen LogP contribution in [0, 0.1) is 5.92 Å². The van der Waals surface area contributed by atoms with Crippen LogP contribution >= 0.6 is 0 Å². The molecule has 1 atom stereocenters. The molecule has 0 N–H and O–H groups in total. The van der Waals surface area contributed by atoms with Crippen LogP contribution in [0.5, 0.6) is 0 Å². The molecule has 4 nitrogen and oxygen atoms in total. The molecule has 0 saturated carbocycles. The molecule has 1 heterocycles. The number of ether oxygens (including phenoxy) is 1. The van der Waals surface area contributed by atoms with Crippen molar-refractivity contribution in [3.63, 3.8) is 0 Å². The van der Waals surface area contributed by atoms with E-state index in [2.05, 4.69) is 4.90 Å². The number of carbonyl (C=O) groups excluding carboxylic acids is 2. The molecule has 0 amide bonds. The molecule has 0 aliphatic carbocycles. The Balaban J connectivity index is 2.31. The molecule has 1 unspecified atom stereocenters. The zero-order chi connectivity index (χ0) is 13.8. The minimum Gasteiger partial charge on any atom is -0.460 e. The van der Waals surface area contributed by atoms with Gasteiger partial charge in [0, 0.05) is 32.0 Å². The van der Waals surface area contributed by atoms with Gasteiger partial charge < -0.3 is 9.64 Å². The average molecular weight is 255 g/mol. The van der Waals surface area contributed by atoms with Crippen LogP contribution < -0.4 is 0 Å². The van der Waals surface area contributed by atoms with E-state index in [4.69, 9.17) is 4.74 Å². The molecule has 0 radical (unpaired) electrons. The molecule has 1 rings (SSSR count). The standard InChI is InChI=1S/C14H25NO3/c1-5-11-10-15(8-6-12(11)16)9-7-13(17)18-14(2,3)4/h11H,5-10H2,1-4H3. The van der Waals surface area contributed by atoms with Gasteiger partial charge in [-0.3, -0.25) is 9.59 Å². The van der Waals surface area contributed by atoms with Crippen molar-refractivity contribution in [3.05, 3.63) is 0 Å². The molecule has 1 aliphatic heterocycles. The summed E-state index contributed by atoms with van der Waals surface area (Å²) in [5.41, 5.74) is -0.416. The van der Waals surface area contributed by atoms with E-state index >= 15 is 0 Å². The molecular weight excluding hydrogens is 230 g/mol. The third kappa shape index (κ3) is 5.17. The molecule has 4 heteroatoms. The highest BCUT2D eigenvalue weighted by Gasteiger charge is 2.26. The average Bonchev–Trinajstić information content (AvgIpc) is 2.25. The highest BCUT2D eigenvalue weighted by Crippen LogP contribution is 2.16. The zero-order valence-corrected chi connectivity index (χ0v) is 12.0. The van der Waals surface area contributed by atoms with E-state index in [9.17, 15) is 9.59 Å². The summed E-state index contributed by atoms with van der Waals surface area (Å²) >= 11 is 0. The van der Waals surface area contributed by atoms with Crippen molar-refractivity contribution in [2.24, 2.45) is 5.92 Å². The van der Waals surface area contributed by atoms with Crippen molar-refractivity contribution in [1.29, 1.82) is 0 Å². The van der Waals surface area contributed by atoms with Gasteiger partial charge in [-0.05, 0) is 27.2 Å². The Labute approximate surface area is 110 Å². The number of likely N-dealkylation sites (tertiary alicyclic amines) is 1. The lowest BCUT2D eigenvalue weighted by molar-refractivity contribution is -0.155. The van der Waals surface area contributed by atoms with Crippen LogP contribution in [0.2, 0.25) is 0 Å². The van der Waals surface area contributed by atoms with Gasteiger partial charge in [0.2, 0.25) is 0 Å². The Kier molecular flexibility index (Phi) is 5.32. The third-order valence-electron chi connectivity index (χ3n) is 3.15. The van der Waals surface area contributed by atoms with E-state index in [1.54, 1.807) is 0 Å². The number of esters is 1. The van der Waals surface area contributed by atoms with Crippen LogP contribution in [0.15, 0.2) is 0 Å². The summed E-state index contributed by atoms with van der Waals surface area (Å²) in [6.45, 7) is 9.92. The molecule has 0 aromatic heterocycles. The largest absolute Gasteiger partial charge is 0.460 e. The van der Waals surface area contributed by atoms with Crippen LogP contribution in [0.3, 0.4) is 0 Å². The summed E-state index contributed by atoms with van der Waals surface area (Å²) in [5.74, 6) is 0.357. The van der Waals surface area contributed by atoms with Crippen LogP contribution in [0.25, 0.3) is 0 Å². The summed E-state index contributed by atoms with van der Waals surface area (Å²) in [6, 6.07) is 0. The first kappa shape index (κ1) is 15.2. The Bertz CT molecular complexity index is 307. The maximum absolute atomic E-state index is 11.6. The highest BCUT2D eigenvalue weighted by atomic mass is 16.6. The number of hydrogen-bond donors (Lipinski definition) is 0. The summed E-state index contributed by atoms with van der Waals surface area (Å²) in [4.78, 5) is 25.4. The second kappa shape index (κ2) is 6.32. The third-order valence-corrected chi connectivity index (χ3v) is 3.15. The summed E-state index contributed by atoms with van der Waals surface area (Å²) in [5, 5.41) is 0. The first-order valence-corrected chi connectivity index (χ1v) is 6.78. The topological polar surface area (TPSA) is 46.6 Å². The fraction of sp³-hybridized carbons (Fsp3) is 0.857. The molecule has 1 fully saturated rings. The van der Waals surface area contributed by atoms with Gasteiger partial charge in [-0.25, -0.2) is 0 Å². The summed E-state index contributed by atoms with van der Waals surface area (Å²) in [7, 11) is 0. The van der Waals surface area contributed by atoms with E-state index in [-0.39, 0.29) is 11.9 Å². The van der Waals surface area contributed by atoms with E-state index in [1.165, 1.54) is 0 Å². The highest BCUT2D eigenvalue weighted by molar-refractivity contribution is 5.82. The molecule has 0 bridgehead atoms. The molecule has 104 valence electrons. The quantitative estimate of drug-likeness (QED) is 0.721. The number of piperidine rings is 1. The van der Waals surface area contributed by atoms with Crippen molar-refractivity contribution in [2.45, 2.75) is 52.6 Å². The zero-order valence-electron chi connectivity index (χ0n) is 12.0. The van der Waals surface area contributed by atoms with E-state index in [1.807, 2.05) is 27.7 Å². The number of nitrogens with zero attached hydrogens (tertiary/aromatic N) is 1. The minimum atomic E-state index is -0.416. The van der Waals surface area contributed by atoms with Crippen molar-refractivity contribution >= 4 is 11.8 Å². The second-order valence-corrected chi connectivity index (χ2v) is 5.96. The lowest BCUT2D eigenvalue weighted by atomic mass is 9.94. The molecule has 18 heavy (non-hydrogen) atoms. The van der Waals surface area contributed by atoms with Crippen LogP contribution in [-0.2, 0) is 14.3 Å². The summed E-state index contributed by atoms with van der Waals surface area (Å²) in [6.07, 6.45) is 1.91. The fourth-order valence-corrected chi connectivity index (χ4v) is 2.18. The van der Waals surface area contributed by atoms with Crippen molar-refractivity contribution in [3.8, 4) is 0 Å². The van der Waals surface area contributed by atoms with E-state index in [0.29, 0.717) is 25.2 Å². The second-order valence-electron chi connectivity index (χ2n) is 5.96. The molecule has 0 spiro atoms. The van der Waals surface area contributed by atoms with Gasteiger partial charge in [-0.15, -0.1) is 0 Å². The first-order chi connectivity index (χ1) is 8.31. The predicted molar refractivity (Wildman–Crippen MR) is 70.3 cm³/mol. The van der Waals surface area contributed by atoms with Gasteiger partial charge in [-0.1, -0.05) is 6.92 Å². The Morgan fingerprint density at radius 1 is 1.44 bits per heavy atom. The van der Waals surface area contributed by atoms with Crippen molar-refractivity contribution in [2.75, 3.05) is 19.6 Å². The normalized spacial score (nSPS) is 22.0. The molecule has 1 saturated heterocycles. The monoisotopic (exact) mass is 255 g/mol. The number of carbonyl (C=O) groups is 2. The maximum Gasteiger partial charge on any atom is 0.307 e. The van der Waals surface area contributed by atoms with Crippen molar-refractivity contribution < 1.29 is 14.3 Å². The van der Waals surface area contributed by atoms with Gasteiger partial charge in [0.1, 0.15) is 11.4 Å². The first-order valence-electron chi connectivity index (χ1n) is 6.78. The minimum absolute atomic E-state index is 0.150. The van der Waals surface area contributed by atoms with Crippen molar-refractivity contribution in [1.82, 2.24) is 4.90 Å². The van der Waals surface area contributed by atoms with Gasteiger partial charge >= 0.3 is 5.97 Å². The lowest BCUT2D eigenvalue weighted by Crippen LogP contribution is -2.41. The molecule has 1 aliphatic rings. The lowest BCUT2D eigenvalue weighted by Gasteiger charge is -2.31. The number of hydrogen-bond acceptors (Lipinski definition) is 4. The predicted octanol–water partition coefficient (Wildman–Crippen LogP) is 2.02. The number of Topliss-reactive ketones (excluding diaryl/α,β-unsaturated/α-hetero) is 1. The van der Waals surface area contributed by atoms with Gasteiger partial charge in [-0.2, -0.15) is 0 Å². The number of rotatable bonds is 4. The Morgan fingerprint density at radius 3 is 2.67 bits per heavy atom. The molecule has 0 aromatic carbocycles. The fourth-order valence-electron chi connectivity index (χ4n) is 2.18. The summed E-state index contributed by atoms with van der Waals surface area (Å²) < 4.78 is 5.27. The van der Waals surface area contributed by atoms with Gasteiger partial charge in [0.25, 0.3) is 0 Å². The smallest absolute Gasteiger partial charge is 0.307 e. The van der Waals surface area contributed by atoms with Gasteiger partial charge in [0.15, 0.2) is 0 Å². The van der Waals surface area contributed by atoms with E-state index in [0.717, 1.165) is 19.5 Å². The SMILES string of the molecule is CCC1CN(CCC(=O)OC(C)(C)C)CCC1=O. The van der Waals surface area contributed by atoms with Gasteiger partial charge in [0.05, 0.1) is 6.42 Å². The van der Waals surface area contributed by atoms with Crippen LogP contribution in [0.4, 0.5) is 0 Å². The molecular formula is C14H25NO3. The Morgan fingerprint density at radius 2 is 2.11 bits per heavy atom. The van der Waals surface area contributed by atoms with Crippen LogP contribution in [0.1, 0.15) is 47.0 Å². The van der Waals surface area contributed by atoms with E-state index < -0.39 is 5.60 Å². The number of ketones is 1. The Hall–Kier alpha value is -0.900. The van der Waals surface area contributed by atoms with Crippen LogP contribution in [-0.4, -0.2) is 41.9 Å².